The first-order valence-electron chi connectivity index (χ1n) is 7.59. The first-order chi connectivity index (χ1) is 10.9. The Bertz CT molecular complexity index is 780. The third-order valence-electron chi connectivity index (χ3n) is 4.04. The number of rotatable bonds is 5. The Labute approximate surface area is 136 Å². The molecule has 0 radical (unpaired) electrons. The quantitative estimate of drug-likeness (QED) is 0.835. The van der Waals surface area contributed by atoms with Gasteiger partial charge in [0.05, 0.1) is 18.3 Å². The summed E-state index contributed by atoms with van der Waals surface area (Å²) in [6.45, 7) is 4.31. The summed E-state index contributed by atoms with van der Waals surface area (Å²) >= 11 is 0. The van der Waals surface area contributed by atoms with Gasteiger partial charge in [-0.1, -0.05) is 5.16 Å². The van der Waals surface area contributed by atoms with E-state index < -0.39 is 10.2 Å². The van der Waals surface area contributed by atoms with E-state index in [0.29, 0.717) is 23.8 Å². The minimum absolute atomic E-state index is 0.181. The summed E-state index contributed by atoms with van der Waals surface area (Å²) in [7, 11) is -2.03. The maximum Gasteiger partial charge on any atom is 0.282 e. The van der Waals surface area contributed by atoms with Gasteiger partial charge in [-0.05, 0) is 38.8 Å². The molecule has 3 rings (SSSR count). The standard InChI is InChI=1S/C15H21N3O4S/c1-11-6-7-15(21-11)14-5-4-8-18(14)23(19,20)17(3)10-13-9-12(2)22-16-13/h6-7,9,14H,4-5,8,10H2,1-3H3. The van der Waals surface area contributed by atoms with E-state index in [1.165, 1.54) is 8.61 Å². The van der Waals surface area contributed by atoms with E-state index in [9.17, 15) is 8.42 Å². The number of hydrogen-bond donors (Lipinski definition) is 0. The lowest BCUT2D eigenvalue weighted by molar-refractivity contribution is 0.305. The molecule has 0 saturated carbocycles. The molecule has 1 atom stereocenters. The molecular formula is C15H21N3O4S. The lowest BCUT2D eigenvalue weighted by Gasteiger charge is -2.27. The molecule has 1 aliphatic heterocycles. The van der Waals surface area contributed by atoms with E-state index in [1.54, 1.807) is 20.0 Å². The highest BCUT2D eigenvalue weighted by atomic mass is 32.2. The normalized spacial score (nSPS) is 19.7. The topological polar surface area (TPSA) is 79.8 Å². The van der Waals surface area contributed by atoms with Crippen molar-refractivity contribution in [2.24, 2.45) is 0 Å². The van der Waals surface area contributed by atoms with Gasteiger partial charge in [-0.25, -0.2) is 0 Å². The molecule has 2 aromatic heterocycles. The molecule has 1 aliphatic rings. The van der Waals surface area contributed by atoms with Crippen LogP contribution < -0.4 is 0 Å². The van der Waals surface area contributed by atoms with Crippen molar-refractivity contribution in [1.29, 1.82) is 0 Å². The zero-order chi connectivity index (χ0) is 16.6. The van der Waals surface area contributed by atoms with Crippen LogP contribution in [0.1, 0.15) is 41.9 Å². The Kier molecular flexibility index (Phi) is 4.31. The average Bonchev–Trinajstić information content (AvgIpc) is 3.19. The zero-order valence-corrected chi connectivity index (χ0v) is 14.3. The summed E-state index contributed by atoms with van der Waals surface area (Å²) < 4.78 is 39.2. The largest absolute Gasteiger partial charge is 0.465 e. The van der Waals surface area contributed by atoms with E-state index in [4.69, 9.17) is 8.94 Å². The van der Waals surface area contributed by atoms with Crippen LogP contribution in [0.2, 0.25) is 0 Å². The van der Waals surface area contributed by atoms with Crippen LogP contribution in [-0.2, 0) is 16.8 Å². The van der Waals surface area contributed by atoms with Crippen molar-refractivity contribution in [2.75, 3.05) is 13.6 Å². The third-order valence-corrected chi connectivity index (χ3v) is 5.99. The molecule has 2 aromatic rings. The van der Waals surface area contributed by atoms with E-state index >= 15 is 0 Å². The summed E-state index contributed by atoms with van der Waals surface area (Å²) in [6.07, 6.45) is 1.59. The van der Waals surface area contributed by atoms with Crippen molar-refractivity contribution >= 4 is 10.2 Å². The van der Waals surface area contributed by atoms with Gasteiger partial charge >= 0.3 is 0 Å². The van der Waals surface area contributed by atoms with Crippen LogP contribution >= 0.6 is 0 Å². The van der Waals surface area contributed by atoms with Crippen molar-refractivity contribution in [3.05, 3.63) is 41.2 Å². The SMILES string of the molecule is Cc1cc(CN(C)S(=O)(=O)N2CCCC2c2ccc(C)o2)no1. The number of aromatic nitrogens is 1. The van der Waals surface area contributed by atoms with E-state index in [0.717, 1.165) is 18.6 Å². The Morgan fingerprint density at radius 2 is 2.13 bits per heavy atom. The van der Waals surface area contributed by atoms with Crippen molar-refractivity contribution in [3.63, 3.8) is 0 Å². The maximum atomic E-state index is 12.9. The monoisotopic (exact) mass is 339 g/mol. The van der Waals surface area contributed by atoms with Crippen LogP contribution in [0.4, 0.5) is 0 Å². The number of nitrogens with zero attached hydrogens (tertiary/aromatic N) is 3. The van der Waals surface area contributed by atoms with Crippen LogP contribution in [-0.4, -0.2) is 35.8 Å². The molecule has 1 fully saturated rings. The van der Waals surface area contributed by atoms with Gasteiger partial charge in [0.25, 0.3) is 10.2 Å². The molecule has 0 spiro atoms. The molecule has 0 amide bonds. The van der Waals surface area contributed by atoms with Crippen LogP contribution in [0.25, 0.3) is 0 Å². The van der Waals surface area contributed by atoms with Crippen molar-refractivity contribution in [1.82, 2.24) is 13.8 Å². The van der Waals surface area contributed by atoms with Crippen LogP contribution in [0.3, 0.4) is 0 Å². The summed E-state index contributed by atoms with van der Waals surface area (Å²) in [4.78, 5) is 0. The molecule has 0 aromatic carbocycles. The maximum absolute atomic E-state index is 12.9. The Morgan fingerprint density at radius 3 is 2.74 bits per heavy atom. The number of aryl methyl sites for hydroxylation is 2. The molecule has 3 heterocycles. The Balaban J connectivity index is 1.80. The van der Waals surface area contributed by atoms with Gasteiger partial charge in [0.1, 0.15) is 17.3 Å². The van der Waals surface area contributed by atoms with E-state index in [2.05, 4.69) is 5.16 Å². The Morgan fingerprint density at radius 1 is 1.35 bits per heavy atom. The lowest BCUT2D eigenvalue weighted by atomic mass is 10.2. The fourth-order valence-corrected chi connectivity index (χ4v) is 4.46. The first-order valence-corrected chi connectivity index (χ1v) is 8.99. The molecule has 0 N–H and O–H groups in total. The summed E-state index contributed by atoms with van der Waals surface area (Å²) in [5.74, 6) is 2.15. The van der Waals surface area contributed by atoms with Gasteiger partial charge in [0.15, 0.2) is 0 Å². The fourth-order valence-electron chi connectivity index (χ4n) is 2.91. The smallest absolute Gasteiger partial charge is 0.282 e. The van der Waals surface area contributed by atoms with Crippen molar-refractivity contribution < 1.29 is 17.4 Å². The summed E-state index contributed by atoms with van der Waals surface area (Å²) in [5.41, 5.74) is 0.596. The predicted molar refractivity (Wildman–Crippen MR) is 83.8 cm³/mol. The molecule has 1 saturated heterocycles. The third kappa shape index (κ3) is 3.19. The second-order valence-electron chi connectivity index (χ2n) is 5.91. The molecule has 8 heteroatoms. The second-order valence-corrected chi connectivity index (χ2v) is 7.90. The number of hydrogen-bond acceptors (Lipinski definition) is 5. The summed E-state index contributed by atoms with van der Waals surface area (Å²) in [5, 5.41) is 3.86. The molecule has 1 unspecified atom stereocenters. The summed E-state index contributed by atoms with van der Waals surface area (Å²) in [6, 6.07) is 5.22. The fraction of sp³-hybridized carbons (Fsp3) is 0.533. The minimum atomic E-state index is -3.59. The molecule has 0 aliphatic carbocycles. The molecule has 23 heavy (non-hydrogen) atoms. The van der Waals surface area contributed by atoms with Gasteiger partial charge in [-0.2, -0.15) is 17.0 Å². The number of furan rings is 1. The van der Waals surface area contributed by atoms with Crippen molar-refractivity contribution in [2.45, 2.75) is 39.3 Å². The van der Waals surface area contributed by atoms with Gasteiger partial charge < -0.3 is 8.94 Å². The highest BCUT2D eigenvalue weighted by molar-refractivity contribution is 7.86. The van der Waals surface area contributed by atoms with E-state index in [1.807, 2.05) is 19.1 Å². The lowest BCUT2D eigenvalue weighted by Crippen LogP contribution is -2.41. The molecular weight excluding hydrogens is 318 g/mol. The van der Waals surface area contributed by atoms with Gasteiger partial charge in [-0.15, -0.1) is 0 Å². The highest BCUT2D eigenvalue weighted by Crippen LogP contribution is 2.36. The second kappa shape index (κ2) is 6.10. The molecule has 126 valence electrons. The first kappa shape index (κ1) is 16.2. The zero-order valence-electron chi connectivity index (χ0n) is 13.5. The highest BCUT2D eigenvalue weighted by Gasteiger charge is 2.39. The van der Waals surface area contributed by atoms with E-state index in [-0.39, 0.29) is 12.6 Å². The average molecular weight is 339 g/mol. The molecule has 0 bridgehead atoms. The van der Waals surface area contributed by atoms with Crippen LogP contribution in [0.15, 0.2) is 27.1 Å². The molecule has 7 nitrogen and oxygen atoms in total. The van der Waals surface area contributed by atoms with Gasteiger partial charge in [0.2, 0.25) is 0 Å². The van der Waals surface area contributed by atoms with Gasteiger partial charge in [-0.3, -0.25) is 0 Å². The van der Waals surface area contributed by atoms with Crippen LogP contribution in [0.5, 0.6) is 0 Å². The Hall–Kier alpha value is -1.64. The minimum Gasteiger partial charge on any atom is -0.465 e. The van der Waals surface area contributed by atoms with Crippen LogP contribution in [0, 0.1) is 13.8 Å². The van der Waals surface area contributed by atoms with Crippen molar-refractivity contribution in [3.8, 4) is 0 Å². The van der Waals surface area contributed by atoms with Gasteiger partial charge in [0, 0.05) is 19.7 Å². The predicted octanol–water partition coefficient (Wildman–Crippen LogP) is 2.40.